The monoisotopic (exact) mass is 298 g/mol. The summed E-state index contributed by atoms with van der Waals surface area (Å²) in [5, 5.41) is -0.0392. The summed E-state index contributed by atoms with van der Waals surface area (Å²) in [4.78, 5) is 2.71. The average molecular weight is 298 g/mol. The zero-order valence-electron chi connectivity index (χ0n) is 12.3. The largest absolute Gasteiger partial charge is 0.297 e. The van der Waals surface area contributed by atoms with Crippen LogP contribution < -0.4 is 0 Å². The quantitative estimate of drug-likeness (QED) is 0.795. The van der Waals surface area contributed by atoms with Gasteiger partial charge in [-0.25, -0.2) is 12.7 Å². The van der Waals surface area contributed by atoms with E-state index in [1.54, 1.807) is 4.31 Å². The van der Waals surface area contributed by atoms with Gasteiger partial charge in [0.1, 0.15) is 0 Å². The first-order chi connectivity index (χ1) is 9.60. The van der Waals surface area contributed by atoms with Gasteiger partial charge in [0.05, 0.1) is 5.25 Å². The van der Waals surface area contributed by atoms with Crippen molar-refractivity contribution in [2.75, 3.05) is 26.2 Å². The Morgan fingerprint density at radius 3 is 2.25 bits per heavy atom. The summed E-state index contributed by atoms with van der Waals surface area (Å²) in [5.41, 5.74) is 0.345. The summed E-state index contributed by atoms with van der Waals surface area (Å²) in [6.07, 6.45) is 9.32. The predicted octanol–water partition coefficient (Wildman–Crippen LogP) is 1.82. The zero-order valence-corrected chi connectivity index (χ0v) is 13.1. The van der Waals surface area contributed by atoms with Gasteiger partial charge in [-0.05, 0) is 63.8 Å². The van der Waals surface area contributed by atoms with Crippen molar-refractivity contribution in [3.8, 4) is 0 Å². The molecule has 0 N–H and O–H groups in total. The van der Waals surface area contributed by atoms with E-state index in [1.165, 1.54) is 38.8 Å². The molecule has 5 heteroatoms. The number of hydrogen-bond donors (Lipinski definition) is 0. The Kier molecular flexibility index (Phi) is 3.17. The van der Waals surface area contributed by atoms with E-state index in [-0.39, 0.29) is 5.25 Å². The summed E-state index contributed by atoms with van der Waals surface area (Å²) in [7, 11) is -2.95. The van der Waals surface area contributed by atoms with E-state index in [4.69, 9.17) is 0 Å². The number of likely N-dealkylation sites (tertiary alicyclic amines) is 1. The number of piperidine rings is 1. The Morgan fingerprint density at radius 1 is 0.950 bits per heavy atom. The van der Waals surface area contributed by atoms with Gasteiger partial charge in [-0.15, -0.1) is 0 Å². The molecule has 2 aliphatic carbocycles. The van der Waals surface area contributed by atoms with Gasteiger partial charge >= 0.3 is 0 Å². The molecule has 0 unspecified atom stereocenters. The van der Waals surface area contributed by atoms with Crippen molar-refractivity contribution >= 4 is 10.0 Å². The van der Waals surface area contributed by atoms with Gasteiger partial charge in [0.25, 0.3) is 0 Å². The molecular formula is C15H26N2O2S. The van der Waals surface area contributed by atoms with Crippen molar-refractivity contribution in [2.45, 2.75) is 62.2 Å². The van der Waals surface area contributed by atoms with Crippen molar-refractivity contribution in [1.29, 1.82) is 0 Å². The highest BCUT2D eigenvalue weighted by Crippen LogP contribution is 2.43. The van der Waals surface area contributed by atoms with E-state index in [2.05, 4.69) is 4.90 Å². The lowest BCUT2D eigenvalue weighted by Gasteiger charge is -2.45. The SMILES string of the molecule is O=S(=O)(C1CC1)N1CCC2(CCCN2CC2CC2)CC1. The highest BCUT2D eigenvalue weighted by Gasteiger charge is 2.48. The first-order valence-electron chi connectivity index (χ1n) is 8.34. The lowest BCUT2D eigenvalue weighted by atomic mass is 9.85. The van der Waals surface area contributed by atoms with Gasteiger partial charge in [-0.1, -0.05) is 0 Å². The van der Waals surface area contributed by atoms with E-state index < -0.39 is 10.0 Å². The van der Waals surface area contributed by atoms with Crippen LogP contribution in [0.3, 0.4) is 0 Å². The number of rotatable bonds is 4. The molecule has 114 valence electrons. The van der Waals surface area contributed by atoms with Gasteiger partial charge in [0, 0.05) is 25.2 Å². The van der Waals surface area contributed by atoms with E-state index in [0.717, 1.165) is 44.7 Å². The van der Waals surface area contributed by atoms with Crippen LogP contribution in [-0.4, -0.2) is 54.6 Å². The molecule has 2 saturated heterocycles. The fraction of sp³-hybridized carbons (Fsp3) is 1.00. The minimum Gasteiger partial charge on any atom is -0.297 e. The van der Waals surface area contributed by atoms with Crippen LogP contribution in [0.4, 0.5) is 0 Å². The Bertz CT molecular complexity index is 474. The molecule has 0 radical (unpaired) electrons. The molecule has 0 aromatic heterocycles. The maximum absolute atomic E-state index is 12.3. The summed E-state index contributed by atoms with van der Waals surface area (Å²) in [6.45, 7) is 4.04. The highest BCUT2D eigenvalue weighted by molar-refractivity contribution is 7.90. The molecule has 0 bridgehead atoms. The van der Waals surface area contributed by atoms with Crippen LogP contribution >= 0.6 is 0 Å². The summed E-state index contributed by atoms with van der Waals surface area (Å²) in [5.74, 6) is 0.943. The van der Waals surface area contributed by atoms with Gasteiger partial charge in [-0.3, -0.25) is 4.90 Å². The molecule has 2 heterocycles. The summed E-state index contributed by atoms with van der Waals surface area (Å²) < 4.78 is 26.5. The molecule has 1 spiro atoms. The van der Waals surface area contributed by atoms with Crippen LogP contribution in [-0.2, 0) is 10.0 Å². The van der Waals surface area contributed by atoms with Gasteiger partial charge in [-0.2, -0.15) is 0 Å². The van der Waals surface area contributed by atoms with E-state index in [0.29, 0.717) is 5.54 Å². The molecule has 4 rings (SSSR count). The van der Waals surface area contributed by atoms with Gasteiger partial charge in [0.2, 0.25) is 10.0 Å². The van der Waals surface area contributed by atoms with E-state index >= 15 is 0 Å². The average Bonchev–Trinajstić information content (AvgIpc) is 3.32. The second kappa shape index (κ2) is 4.68. The highest BCUT2D eigenvalue weighted by atomic mass is 32.2. The minimum absolute atomic E-state index is 0.0392. The van der Waals surface area contributed by atoms with Crippen LogP contribution in [0.25, 0.3) is 0 Å². The Hall–Kier alpha value is -0.130. The van der Waals surface area contributed by atoms with Gasteiger partial charge < -0.3 is 0 Å². The molecule has 4 fully saturated rings. The third-order valence-electron chi connectivity index (χ3n) is 5.88. The maximum atomic E-state index is 12.3. The van der Waals surface area contributed by atoms with Crippen molar-refractivity contribution in [3.05, 3.63) is 0 Å². The maximum Gasteiger partial charge on any atom is 0.216 e. The third kappa shape index (κ3) is 2.32. The molecule has 2 aliphatic heterocycles. The fourth-order valence-electron chi connectivity index (χ4n) is 4.19. The Labute approximate surface area is 122 Å². The summed E-state index contributed by atoms with van der Waals surface area (Å²) >= 11 is 0. The lowest BCUT2D eigenvalue weighted by Crippen LogP contribution is -2.54. The van der Waals surface area contributed by atoms with Crippen molar-refractivity contribution < 1.29 is 8.42 Å². The lowest BCUT2D eigenvalue weighted by molar-refractivity contribution is 0.0743. The topological polar surface area (TPSA) is 40.6 Å². The number of hydrogen-bond acceptors (Lipinski definition) is 3. The third-order valence-corrected chi connectivity index (χ3v) is 8.27. The first kappa shape index (κ1) is 13.5. The van der Waals surface area contributed by atoms with Crippen LogP contribution in [0.2, 0.25) is 0 Å². The number of sulfonamides is 1. The Balaban J connectivity index is 1.42. The fourth-order valence-corrected chi connectivity index (χ4v) is 6.04. The molecule has 4 aliphatic rings. The van der Waals surface area contributed by atoms with Gasteiger partial charge in [0.15, 0.2) is 0 Å². The molecule has 0 atom stereocenters. The molecule has 2 saturated carbocycles. The standard InChI is InChI=1S/C15H26N2O2S/c18-20(19,14-4-5-14)17-10-7-15(8-11-17)6-1-9-16(15)12-13-2-3-13/h13-14H,1-12H2. The normalized spacial score (nSPS) is 32.0. The van der Waals surface area contributed by atoms with E-state index in [1.807, 2.05) is 0 Å². The molecule has 4 nitrogen and oxygen atoms in total. The number of nitrogens with zero attached hydrogens (tertiary/aromatic N) is 2. The second-order valence-electron chi connectivity index (χ2n) is 7.36. The second-order valence-corrected chi connectivity index (χ2v) is 9.57. The Morgan fingerprint density at radius 2 is 1.65 bits per heavy atom. The van der Waals surface area contributed by atoms with Crippen LogP contribution in [0.15, 0.2) is 0 Å². The molecule has 0 aromatic rings. The zero-order chi connectivity index (χ0) is 13.8. The first-order valence-corrected chi connectivity index (χ1v) is 9.85. The summed E-state index contributed by atoms with van der Waals surface area (Å²) in [6, 6.07) is 0. The minimum atomic E-state index is -2.95. The molecule has 20 heavy (non-hydrogen) atoms. The van der Waals surface area contributed by atoms with Crippen LogP contribution in [0, 0.1) is 5.92 Å². The molecular weight excluding hydrogens is 272 g/mol. The molecule has 0 amide bonds. The van der Waals surface area contributed by atoms with Crippen molar-refractivity contribution in [3.63, 3.8) is 0 Å². The van der Waals surface area contributed by atoms with Crippen LogP contribution in [0.5, 0.6) is 0 Å². The van der Waals surface area contributed by atoms with Crippen LogP contribution in [0.1, 0.15) is 51.4 Å². The molecule has 0 aromatic carbocycles. The predicted molar refractivity (Wildman–Crippen MR) is 79.0 cm³/mol. The smallest absolute Gasteiger partial charge is 0.216 e. The van der Waals surface area contributed by atoms with Crippen molar-refractivity contribution in [1.82, 2.24) is 9.21 Å². The van der Waals surface area contributed by atoms with Crippen molar-refractivity contribution in [2.24, 2.45) is 5.92 Å². The van der Waals surface area contributed by atoms with E-state index in [9.17, 15) is 8.42 Å².